The van der Waals surface area contributed by atoms with Crippen molar-refractivity contribution in [3.05, 3.63) is 28.8 Å². The smallest absolute Gasteiger partial charge is 0.123 e. The van der Waals surface area contributed by atoms with E-state index in [9.17, 15) is 0 Å². The van der Waals surface area contributed by atoms with E-state index in [0.29, 0.717) is 18.9 Å². The van der Waals surface area contributed by atoms with E-state index in [1.807, 2.05) is 18.2 Å². The molecule has 1 fully saturated rings. The van der Waals surface area contributed by atoms with Gasteiger partial charge in [-0.05, 0) is 43.5 Å². The van der Waals surface area contributed by atoms with Crippen molar-refractivity contribution in [2.24, 2.45) is 11.3 Å². The summed E-state index contributed by atoms with van der Waals surface area (Å²) < 4.78 is 5.98. The molecule has 2 rings (SSSR count). The number of nitrogens with one attached hydrogen (secondary N) is 1. The first-order chi connectivity index (χ1) is 10.0. The minimum atomic E-state index is 0.0943. The standard InChI is InChI=1S/C17H23ClN2O/c1-13(2)10-20-11-14-9-15(18)3-4-16(14)21-12-17(5-6-17)7-8-19/h3-4,9,13,20H,5-7,10-12H2,1-2H3. The minimum absolute atomic E-state index is 0.0943. The monoisotopic (exact) mass is 306 g/mol. The number of hydrogen-bond acceptors (Lipinski definition) is 3. The van der Waals surface area contributed by atoms with Gasteiger partial charge in [-0.2, -0.15) is 5.26 Å². The number of halogens is 1. The molecule has 0 bridgehead atoms. The summed E-state index contributed by atoms with van der Waals surface area (Å²) in [6.45, 7) is 6.70. The van der Waals surface area contributed by atoms with Gasteiger partial charge in [-0.3, -0.25) is 0 Å². The quantitative estimate of drug-likeness (QED) is 0.784. The lowest BCUT2D eigenvalue weighted by Gasteiger charge is -2.17. The zero-order valence-corrected chi connectivity index (χ0v) is 13.5. The molecule has 1 N–H and O–H groups in total. The summed E-state index contributed by atoms with van der Waals surface area (Å²) in [4.78, 5) is 0. The highest BCUT2D eigenvalue weighted by Crippen LogP contribution is 2.48. The van der Waals surface area contributed by atoms with Gasteiger partial charge in [-0.1, -0.05) is 25.4 Å². The zero-order valence-electron chi connectivity index (χ0n) is 12.8. The Morgan fingerprint density at radius 1 is 1.43 bits per heavy atom. The Balaban J connectivity index is 1.96. The zero-order chi connectivity index (χ0) is 15.3. The molecule has 0 spiro atoms. The molecule has 0 radical (unpaired) electrons. The lowest BCUT2D eigenvalue weighted by Crippen LogP contribution is -2.20. The van der Waals surface area contributed by atoms with Crippen molar-refractivity contribution in [1.29, 1.82) is 5.26 Å². The van der Waals surface area contributed by atoms with Gasteiger partial charge in [0.15, 0.2) is 0 Å². The van der Waals surface area contributed by atoms with Crippen LogP contribution in [-0.2, 0) is 6.54 Å². The summed E-state index contributed by atoms with van der Waals surface area (Å²) in [5, 5.41) is 13.0. The molecule has 0 amide bonds. The van der Waals surface area contributed by atoms with Gasteiger partial charge in [0.05, 0.1) is 12.7 Å². The van der Waals surface area contributed by atoms with Crippen LogP contribution in [0.4, 0.5) is 0 Å². The van der Waals surface area contributed by atoms with Crippen molar-refractivity contribution in [1.82, 2.24) is 5.32 Å². The van der Waals surface area contributed by atoms with E-state index < -0.39 is 0 Å². The van der Waals surface area contributed by atoms with Crippen molar-refractivity contribution < 1.29 is 4.74 Å². The Labute approximate surface area is 132 Å². The van der Waals surface area contributed by atoms with Gasteiger partial charge >= 0.3 is 0 Å². The molecule has 1 aliphatic rings. The van der Waals surface area contributed by atoms with E-state index in [-0.39, 0.29) is 5.41 Å². The molecule has 1 saturated carbocycles. The van der Waals surface area contributed by atoms with Crippen molar-refractivity contribution in [3.63, 3.8) is 0 Å². The first kappa shape index (κ1) is 16.1. The summed E-state index contributed by atoms with van der Waals surface area (Å²) in [6, 6.07) is 8.00. The SMILES string of the molecule is CC(C)CNCc1cc(Cl)ccc1OCC1(CC#N)CC1. The van der Waals surface area contributed by atoms with Crippen molar-refractivity contribution >= 4 is 11.6 Å². The van der Waals surface area contributed by atoms with Gasteiger partial charge in [0.25, 0.3) is 0 Å². The van der Waals surface area contributed by atoms with Crippen LogP contribution in [0, 0.1) is 22.7 Å². The fraction of sp³-hybridized carbons (Fsp3) is 0.588. The van der Waals surface area contributed by atoms with Gasteiger partial charge in [-0.25, -0.2) is 0 Å². The second kappa shape index (κ2) is 7.15. The number of nitrogens with zero attached hydrogens (tertiary/aromatic N) is 1. The molecule has 0 atom stereocenters. The molecule has 0 aliphatic heterocycles. The third kappa shape index (κ3) is 4.91. The number of nitriles is 1. The average molecular weight is 307 g/mol. The topological polar surface area (TPSA) is 45.0 Å². The Morgan fingerprint density at radius 3 is 2.81 bits per heavy atom. The van der Waals surface area contributed by atoms with Gasteiger partial charge in [0.1, 0.15) is 5.75 Å². The Morgan fingerprint density at radius 2 is 2.19 bits per heavy atom. The normalized spacial score (nSPS) is 15.8. The van der Waals surface area contributed by atoms with Crippen molar-refractivity contribution in [2.75, 3.05) is 13.2 Å². The molecule has 3 nitrogen and oxygen atoms in total. The third-order valence-electron chi connectivity index (χ3n) is 3.84. The molecule has 114 valence electrons. The van der Waals surface area contributed by atoms with Crippen LogP contribution < -0.4 is 10.1 Å². The third-order valence-corrected chi connectivity index (χ3v) is 4.07. The molecule has 1 aromatic carbocycles. The van der Waals surface area contributed by atoms with Crippen LogP contribution in [0.1, 0.15) is 38.7 Å². The Kier molecular flexibility index (Phi) is 5.50. The maximum atomic E-state index is 8.87. The van der Waals surface area contributed by atoms with E-state index in [1.54, 1.807) is 0 Å². The van der Waals surface area contributed by atoms with Crippen LogP contribution in [0.25, 0.3) is 0 Å². The van der Waals surface area contributed by atoms with E-state index >= 15 is 0 Å². The first-order valence-corrected chi connectivity index (χ1v) is 7.91. The molecule has 0 saturated heterocycles. The maximum Gasteiger partial charge on any atom is 0.123 e. The Hall–Kier alpha value is -1.24. The van der Waals surface area contributed by atoms with E-state index in [1.165, 1.54) is 0 Å². The highest BCUT2D eigenvalue weighted by molar-refractivity contribution is 6.30. The molecular formula is C17H23ClN2O. The van der Waals surface area contributed by atoms with Gasteiger partial charge in [0, 0.05) is 29.0 Å². The molecule has 0 heterocycles. The van der Waals surface area contributed by atoms with Crippen LogP contribution >= 0.6 is 11.6 Å². The fourth-order valence-electron chi connectivity index (χ4n) is 2.27. The van der Waals surface area contributed by atoms with Gasteiger partial charge < -0.3 is 10.1 Å². The molecule has 1 aliphatic carbocycles. The van der Waals surface area contributed by atoms with E-state index in [2.05, 4.69) is 25.2 Å². The van der Waals surface area contributed by atoms with E-state index in [0.717, 1.165) is 42.3 Å². The second-order valence-electron chi connectivity index (χ2n) is 6.40. The van der Waals surface area contributed by atoms with E-state index in [4.69, 9.17) is 21.6 Å². The van der Waals surface area contributed by atoms with Crippen molar-refractivity contribution in [2.45, 2.75) is 39.7 Å². The number of ether oxygens (including phenoxy) is 1. The van der Waals surface area contributed by atoms with Crippen LogP contribution in [-0.4, -0.2) is 13.2 Å². The number of rotatable bonds is 8. The summed E-state index contributed by atoms with van der Waals surface area (Å²) in [7, 11) is 0. The highest BCUT2D eigenvalue weighted by Gasteiger charge is 2.43. The van der Waals surface area contributed by atoms with Crippen LogP contribution in [0.3, 0.4) is 0 Å². The lowest BCUT2D eigenvalue weighted by atomic mass is 10.1. The summed E-state index contributed by atoms with van der Waals surface area (Å²) in [5.41, 5.74) is 1.17. The summed E-state index contributed by atoms with van der Waals surface area (Å²) in [6.07, 6.45) is 2.77. The summed E-state index contributed by atoms with van der Waals surface area (Å²) >= 11 is 6.08. The highest BCUT2D eigenvalue weighted by atomic mass is 35.5. The molecule has 0 unspecified atom stereocenters. The molecular weight excluding hydrogens is 284 g/mol. The molecule has 21 heavy (non-hydrogen) atoms. The van der Waals surface area contributed by atoms with Gasteiger partial charge in [0.2, 0.25) is 0 Å². The second-order valence-corrected chi connectivity index (χ2v) is 6.84. The number of benzene rings is 1. The maximum absolute atomic E-state index is 8.87. The average Bonchev–Trinajstić information content (AvgIpc) is 3.18. The molecule has 0 aromatic heterocycles. The number of hydrogen-bond donors (Lipinski definition) is 1. The first-order valence-electron chi connectivity index (χ1n) is 7.53. The predicted octanol–water partition coefficient (Wildman–Crippen LogP) is 4.16. The van der Waals surface area contributed by atoms with Crippen LogP contribution in [0.5, 0.6) is 5.75 Å². The van der Waals surface area contributed by atoms with Crippen LogP contribution in [0.2, 0.25) is 5.02 Å². The van der Waals surface area contributed by atoms with Crippen molar-refractivity contribution in [3.8, 4) is 11.8 Å². The lowest BCUT2D eigenvalue weighted by molar-refractivity contribution is 0.234. The summed E-state index contributed by atoms with van der Waals surface area (Å²) in [5.74, 6) is 1.48. The largest absolute Gasteiger partial charge is 0.493 e. The molecule has 4 heteroatoms. The predicted molar refractivity (Wildman–Crippen MR) is 85.4 cm³/mol. The van der Waals surface area contributed by atoms with Gasteiger partial charge in [-0.15, -0.1) is 0 Å². The minimum Gasteiger partial charge on any atom is -0.493 e. The molecule has 1 aromatic rings. The Bertz CT molecular complexity index is 518. The fourth-order valence-corrected chi connectivity index (χ4v) is 2.46. The van der Waals surface area contributed by atoms with Crippen LogP contribution in [0.15, 0.2) is 18.2 Å².